The second kappa shape index (κ2) is 7.54. The van der Waals surface area contributed by atoms with E-state index in [1.807, 2.05) is 37.3 Å². The van der Waals surface area contributed by atoms with Gasteiger partial charge in [-0.3, -0.25) is 4.90 Å². The molecule has 1 unspecified atom stereocenters. The van der Waals surface area contributed by atoms with Gasteiger partial charge in [0.2, 0.25) is 0 Å². The summed E-state index contributed by atoms with van der Waals surface area (Å²) in [5, 5.41) is -0.490. The van der Waals surface area contributed by atoms with Crippen LogP contribution in [0, 0.1) is 6.92 Å². The molecular weight excluding hydrogens is 330 g/mol. The van der Waals surface area contributed by atoms with E-state index in [4.69, 9.17) is 0 Å². The highest BCUT2D eigenvalue weighted by Gasteiger charge is 2.32. The van der Waals surface area contributed by atoms with Gasteiger partial charge in [-0.1, -0.05) is 54.6 Å². The van der Waals surface area contributed by atoms with Crippen LogP contribution in [0.15, 0.2) is 71.6 Å². The summed E-state index contributed by atoms with van der Waals surface area (Å²) < 4.78 is 26.1. The van der Waals surface area contributed by atoms with E-state index in [0.29, 0.717) is 17.9 Å². The highest BCUT2D eigenvalue weighted by Crippen LogP contribution is 2.28. The lowest BCUT2D eigenvalue weighted by atomic mass is 10.1. The van der Waals surface area contributed by atoms with Crippen molar-refractivity contribution in [3.05, 3.63) is 77.9 Å². The van der Waals surface area contributed by atoms with Gasteiger partial charge in [0.25, 0.3) is 0 Å². The average molecular weight is 356 g/mol. The topological polar surface area (TPSA) is 37.4 Å². The van der Waals surface area contributed by atoms with Crippen LogP contribution in [-0.2, 0) is 16.4 Å². The van der Waals surface area contributed by atoms with E-state index in [-0.39, 0.29) is 0 Å². The molecule has 3 nitrogen and oxygen atoms in total. The summed E-state index contributed by atoms with van der Waals surface area (Å²) in [6.45, 7) is 8.45. The summed E-state index contributed by atoms with van der Waals surface area (Å²) in [6, 6.07) is 17.4. The quantitative estimate of drug-likeness (QED) is 0.778. The lowest BCUT2D eigenvalue weighted by molar-refractivity contribution is 0.295. The molecule has 2 aromatic rings. The fraction of sp³-hybridized carbons (Fsp3) is 0.333. The fourth-order valence-corrected chi connectivity index (χ4v) is 5.25. The van der Waals surface area contributed by atoms with Crippen LogP contribution in [0.2, 0.25) is 0 Å². The number of rotatable bonds is 4. The van der Waals surface area contributed by atoms with Gasteiger partial charge in [-0.05, 0) is 49.6 Å². The Labute approximate surface area is 150 Å². The van der Waals surface area contributed by atoms with Gasteiger partial charge in [0.05, 0.1) is 10.1 Å². The van der Waals surface area contributed by atoms with Crippen molar-refractivity contribution in [3.63, 3.8) is 0 Å². The van der Waals surface area contributed by atoms with E-state index in [9.17, 15) is 8.42 Å². The Hall–Kier alpha value is -1.91. The van der Waals surface area contributed by atoms with Crippen molar-refractivity contribution in [2.45, 2.75) is 36.5 Å². The van der Waals surface area contributed by atoms with Crippen LogP contribution in [0.4, 0.5) is 0 Å². The van der Waals surface area contributed by atoms with Crippen molar-refractivity contribution in [3.8, 4) is 0 Å². The van der Waals surface area contributed by atoms with E-state index in [2.05, 4.69) is 23.6 Å². The summed E-state index contributed by atoms with van der Waals surface area (Å²) in [5.41, 5.74) is 3.11. The first-order valence-electron chi connectivity index (χ1n) is 8.71. The zero-order valence-electron chi connectivity index (χ0n) is 14.7. The molecule has 1 heterocycles. The number of hydrogen-bond donors (Lipinski definition) is 0. The first-order valence-corrected chi connectivity index (χ1v) is 10.3. The van der Waals surface area contributed by atoms with Crippen molar-refractivity contribution in [1.29, 1.82) is 0 Å². The molecule has 0 aromatic heterocycles. The van der Waals surface area contributed by atoms with E-state index in [1.54, 1.807) is 12.1 Å². The second-order valence-corrected chi connectivity index (χ2v) is 8.97. The van der Waals surface area contributed by atoms with E-state index < -0.39 is 15.1 Å². The van der Waals surface area contributed by atoms with Gasteiger partial charge < -0.3 is 0 Å². The lowest BCUT2D eigenvalue weighted by Gasteiger charge is -2.22. The zero-order chi connectivity index (χ0) is 17.9. The first-order chi connectivity index (χ1) is 12.0. The van der Waals surface area contributed by atoms with Gasteiger partial charge in [-0.25, -0.2) is 8.42 Å². The lowest BCUT2D eigenvalue weighted by Crippen LogP contribution is -2.28. The second-order valence-electron chi connectivity index (χ2n) is 6.84. The molecule has 0 aliphatic carbocycles. The van der Waals surface area contributed by atoms with Crippen LogP contribution in [0.5, 0.6) is 0 Å². The summed E-state index contributed by atoms with van der Waals surface area (Å²) >= 11 is 0. The molecule has 1 aliphatic heterocycles. The number of aryl methyl sites for hydroxylation is 1. The Morgan fingerprint density at radius 3 is 2.44 bits per heavy atom. The Morgan fingerprint density at radius 2 is 1.76 bits per heavy atom. The third-order valence-electron chi connectivity index (χ3n) is 4.80. The minimum absolute atomic E-state index is 0.403. The number of nitrogens with zero attached hydrogens (tertiary/aromatic N) is 1. The molecule has 0 N–H and O–H groups in total. The average Bonchev–Trinajstić information content (AvgIpc) is 2.77. The van der Waals surface area contributed by atoms with Gasteiger partial charge in [-0.2, -0.15) is 0 Å². The minimum atomic E-state index is -3.37. The summed E-state index contributed by atoms with van der Waals surface area (Å²) in [7, 11) is -3.37. The third kappa shape index (κ3) is 4.20. The standard InChI is InChI=1S/C21H25NO2S/c1-17-10-12-20(13-11-17)25(23,24)21-9-6-14-22(15-18(21)2)16-19-7-4-3-5-8-19/h3-5,7-8,10-13,21H,2,6,9,14-16H2,1H3. The Kier molecular flexibility index (Phi) is 5.40. The molecule has 0 spiro atoms. The highest BCUT2D eigenvalue weighted by molar-refractivity contribution is 7.92. The fourth-order valence-electron chi connectivity index (χ4n) is 3.42. The van der Waals surface area contributed by atoms with Gasteiger partial charge in [0.1, 0.15) is 0 Å². The van der Waals surface area contributed by atoms with Crippen molar-refractivity contribution >= 4 is 9.84 Å². The smallest absolute Gasteiger partial charge is 0.185 e. The summed E-state index contributed by atoms with van der Waals surface area (Å²) in [5.74, 6) is 0. The van der Waals surface area contributed by atoms with Gasteiger partial charge in [0.15, 0.2) is 9.84 Å². The van der Waals surface area contributed by atoms with Crippen molar-refractivity contribution < 1.29 is 8.42 Å². The maximum Gasteiger partial charge on any atom is 0.185 e. The number of benzene rings is 2. The van der Waals surface area contributed by atoms with Crippen molar-refractivity contribution in [2.75, 3.05) is 13.1 Å². The normalized spacial score (nSPS) is 19.6. The molecule has 1 fully saturated rings. The monoisotopic (exact) mass is 355 g/mol. The molecule has 0 amide bonds. The first kappa shape index (κ1) is 17.9. The maximum absolute atomic E-state index is 13.0. The summed E-state index contributed by atoms with van der Waals surface area (Å²) in [6.07, 6.45) is 1.50. The predicted octanol–water partition coefficient (Wildman–Crippen LogP) is 3.99. The molecule has 4 heteroatoms. The van der Waals surface area contributed by atoms with Gasteiger partial charge in [-0.15, -0.1) is 0 Å². The van der Waals surface area contributed by atoms with E-state index >= 15 is 0 Å². The van der Waals surface area contributed by atoms with Gasteiger partial charge >= 0.3 is 0 Å². The van der Waals surface area contributed by atoms with E-state index in [1.165, 1.54) is 5.56 Å². The Balaban J connectivity index is 1.76. The molecule has 0 saturated carbocycles. The third-order valence-corrected chi connectivity index (χ3v) is 7.04. The van der Waals surface area contributed by atoms with Crippen LogP contribution in [0.3, 0.4) is 0 Å². The molecular formula is C21H25NO2S. The van der Waals surface area contributed by atoms with Crippen molar-refractivity contribution in [1.82, 2.24) is 4.90 Å². The molecule has 2 aromatic carbocycles. The number of sulfone groups is 1. The molecule has 1 atom stereocenters. The molecule has 25 heavy (non-hydrogen) atoms. The van der Waals surface area contributed by atoms with Crippen LogP contribution < -0.4 is 0 Å². The largest absolute Gasteiger partial charge is 0.295 e. The van der Waals surface area contributed by atoms with Crippen LogP contribution >= 0.6 is 0 Å². The SMILES string of the molecule is C=C1CN(Cc2ccccc2)CCCC1S(=O)(=O)c1ccc(C)cc1. The highest BCUT2D eigenvalue weighted by atomic mass is 32.2. The zero-order valence-corrected chi connectivity index (χ0v) is 15.5. The number of likely N-dealkylation sites (tertiary alicyclic amines) is 1. The number of hydrogen-bond acceptors (Lipinski definition) is 3. The maximum atomic E-state index is 13.0. The van der Waals surface area contributed by atoms with Crippen LogP contribution in [-0.4, -0.2) is 31.7 Å². The van der Waals surface area contributed by atoms with Gasteiger partial charge in [0, 0.05) is 13.1 Å². The van der Waals surface area contributed by atoms with Crippen molar-refractivity contribution in [2.24, 2.45) is 0 Å². The molecule has 1 aliphatic rings. The Bertz CT molecular complexity index is 826. The van der Waals surface area contributed by atoms with Crippen LogP contribution in [0.25, 0.3) is 0 Å². The summed E-state index contributed by atoms with van der Waals surface area (Å²) in [4.78, 5) is 2.70. The molecule has 0 bridgehead atoms. The molecule has 3 rings (SSSR count). The predicted molar refractivity (Wildman–Crippen MR) is 102 cm³/mol. The minimum Gasteiger partial charge on any atom is -0.295 e. The van der Waals surface area contributed by atoms with Crippen LogP contribution in [0.1, 0.15) is 24.0 Å². The molecule has 132 valence electrons. The van der Waals surface area contributed by atoms with E-state index in [0.717, 1.165) is 30.6 Å². The molecule has 0 radical (unpaired) electrons. The Morgan fingerprint density at radius 1 is 1.08 bits per heavy atom. The molecule has 1 saturated heterocycles.